The van der Waals surface area contributed by atoms with Gasteiger partial charge in [0.15, 0.2) is 0 Å². The zero-order chi connectivity index (χ0) is 17.8. The summed E-state index contributed by atoms with van der Waals surface area (Å²) in [4.78, 5) is 1.24. The summed E-state index contributed by atoms with van der Waals surface area (Å²) in [5.41, 5.74) is 0.345. The third-order valence-corrected chi connectivity index (χ3v) is 5.44. The molecule has 11 heteroatoms. The smallest absolute Gasteiger partial charge is 0.314 e. The van der Waals surface area contributed by atoms with Gasteiger partial charge in [0.05, 0.1) is 5.75 Å². The minimum atomic E-state index is -4.51. The highest BCUT2D eigenvalue weighted by Crippen LogP contribution is 2.25. The average molecular weight is 422 g/mol. The molecule has 0 bridgehead atoms. The molecule has 1 fully saturated rings. The highest BCUT2D eigenvalue weighted by molar-refractivity contribution is 7.88. The summed E-state index contributed by atoms with van der Waals surface area (Å²) < 4.78 is 66.0. The molecule has 0 spiro atoms. The van der Waals surface area contributed by atoms with Crippen LogP contribution >= 0.6 is 24.0 Å². The third-order valence-electron chi connectivity index (χ3n) is 3.77. The van der Waals surface area contributed by atoms with E-state index in [0.29, 0.717) is 18.7 Å². The first-order valence-corrected chi connectivity index (χ1v) is 9.44. The van der Waals surface area contributed by atoms with Crippen molar-refractivity contribution in [3.8, 4) is 0 Å². The first-order valence-electron chi connectivity index (χ1n) is 7.41. The molecule has 2 rings (SSSR count). The van der Waals surface area contributed by atoms with E-state index in [9.17, 15) is 21.6 Å². The van der Waals surface area contributed by atoms with E-state index in [4.69, 9.17) is 11.6 Å². The van der Waals surface area contributed by atoms with E-state index in [0.717, 1.165) is 0 Å². The van der Waals surface area contributed by atoms with Gasteiger partial charge in [0, 0.05) is 37.7 Å². The molecule has 0 aliphatic carbocycles. The van der Waals surface area contributed by atoms with E-state index in [1.54, 1.807) is 12.1 Å². The van der Waals surface area contributed by atoms with E-state index >= 15 is 0 Å². The topological polar surface area (TPSA) is 61.4 Å². The molecule has 5 nitrogen and oxygen atoms in total. The number of nitrogens with one attached hydrogen (secondary N) is 2. The fourth-order valence-corrected chi connectivity index (χ4v) is 3.98. The summed E-state index contributed by atoms with van der Waals surface area (Å²) in [5.74, 6) is -0.460. The molecule has 1 saturated heterocycles. The summed E-state index contributed by atoms with van der Waals surface area (Å²) >= 11 is 5.90. The van der Waals surface area contributed by atoms with Crippen LogP contribution in [0.15, 0.2) is 24.3 Å². The largest absolute Gasteiger partial charge is 0.405 e. The van der Waals surface area contributed by atoms with Crippen molar-refractivity contribution in [1.29, 1.82) is 0 Å². The minimum absolute atomic E-state index is 0. The standard InChI is InChI=1S/C14H19ClF3N3O2S.ClH/c15-12-4-2-1-3-11(12)10-24(22,23)20-9-13(14(16,17)18)21-7-5-19-6-8-21;/h1-4,13,19-20H,5-10H2;1H. The maximum Gasteiger partial charge on any atom is 0.405 e. The van der Waals surface area contributed by atoms with Gasteiger partial charge in [-0.1, -0.05) is 29.8 Å². The van der Waals surface area contributed by atoms with Crippen LogP contribution in [0.4, 0.5) is 13.2 Å². The fourth-order valence-electron chi connectivity index (χ4n) is 2.52. The minimum Gasteiger partial charge on any atom is -0.314 e. The monoisotopic (exact) mass is 421 g/mol. The Labute approximate surface area is 156 Å². The number of halogens is 5. The van der Waals surface area contributed by atoms with Crippen LogP contribution in [0.25, 0.3) is 0 Å². The number of hydrogen-bond acceptors (Lipinski definition) is 4. The second kappa shape index (κ2) is 9.38. The molecule has 1 unspecified atom stereocenters. The fraction of sp³-hybridized carbons (Fsp3) is 0.571. The van der Waals surface area contributed by atoms with Gasteiger partial charge in [0.25, 0.3) is 0 Å². The van der Waals surface area contributed by atoms with Crippen LogP contribution in [-0.2, 0) is 15.8 Å². The molecule has 1 aromatic rings. The molecule has 144 valence electrons. The van der Waals surface area contributed by atoms with E-state index in [2.05, 4.69) is 10.0 Å². The van der Waals surface area contributed by atoms with Crippen molar-refractivity contribution in [2.75, 3.05) is 32.7 Å². The molecular formula is C14H20Cl2F3N3O2S. The van der Waals surface area contributed by atoms with Crippen molar-refractivity contribution >= 4 is 34.0 Å². The SMILES string of the molecule is Cl.O=S(=O)(Cc1ccccc1Cl)NCC(N1CCNCC1)C(F)(F)F. The molecule has 0 amide bonds. The average Bonchev–Trinajstić information content (AvgIpc) is 2.49. The normalized spacial score (nSPS) is 17.8. The molecule has 1 heterocycles. The van der Waals surface area contributed by atoms with E-state index in [-0.39, 0.29) is 30.5 Å². The van der Waals surface area contributed by atoms with Gasteiger partial charge < -0.3 is 5.32 Å². The number of benzene rings is 1. The Hall–Kier alpha value is -0.580. The molecular weight excluding hydrogens is 402 g/mol. The van der Waals surface area contributed by atoms with Gasteiger partial charge in [0.2, 0.25) is 10.0 Å². The Morgan fingerprint density at radius 1 is 1.24 bits per heavy atom. The molecule has 25 heavy (non-hydrogen) atoms. The van der Waals surface area contributed by atoms with Gasteiger partial charge in [-0.05, 0) is 11.6 Å². The summed E-state index contributed by atoms with van der Waals surface area (Å²) in [6.07, 6.45) is -4.51. The van der Waals surface area contributed by atoms with Crippen molar-refractivity contribution in [2.45, 2.75) is 18.0 Å². The second-order valence-electron chi connectivity index (χ2n) is 5.54. The zero-order valence-electron chi connectivity index (χ0n) is 13.2. The molecule has 1 atom stereocenters. The van der Waals surface area contributed by atoms with Crippen molar-refractivity contribution in [3.05, 3.63) is 34.9 Å². The predicted octanol–water partition coefficient (Wildman–Crippen LogP) is 2.02. The van der Waals surface area contributed by atoms with E-state index in [1.165, 1.54) is 17.0 Å². The highest BCUT2D eigenvalue weighted by atomic mass is 35.5. The van der Waals surface area contributed by atoms with Crippen LogP contribution in [-0.4, -0.2) is 58.3 Å². The maximum absolute atomic E-state index is 13.3. The van der Waals surface area contributed by atoms with Gasteiger partial charge in [-0.15, -0.1) is 12.4 Å². The summed E-state index contributed by atoms with van der Waals surface area (Å²) in [6.45, 7) is 0.612. The summed E-state index contributed by atoms with van der Waals surface area (Å²) in [5, 5.41) is 3.23. The number of sulfonamides is 1. The predicted molar refractivity (Wildman–Crippen MR) is 93.6 cm³/mol. The van der Waals surface area contributed by atoms with E-state index < -0.39 is 34.5 Å². The number of rotatable bonds is 6. The van der Waals surface area contributed by atoms with Crippen LogP contribution in [0.2, 0.25) is 5.02 Å². The lowest BCUT2D eigenvalue weighted by molar-refractivity contribution is -0.182. The molecule has 1 aliphatic rings. The van der Waals surface area contributed by atoms with Crippen molar-refractivity contribution in [2.24, 2.45) is 0 Å². The summed E-state index contributed by atoms with van der Waals surface area (Å²) in [7, 11) is -3.93. The Bertz CT molecular complexity index is 653. The molecule has 1 aromatic carbocycles. The Morgan fingerprint density at radius 2 is 1.84 bits per heavy atom. The number of nitrogens with zero attached hydrogens (tertiary/aromatic N) is 1. The molecule has 0 aromatic heterocycles. The quantitative estimate of drug-likeness (QED) is 0.737. The van der Waals surface area contributed by atoms with Crippen molar-refractivity contribution < 1.29 is 21.6 Å². The maximum atomic E-state index is 13.3. The van der Waals surface area contributed by atoms with Crippen LogP contribution < -0.4 is 10.0 Å². The second-order valence-corrected chi connectivity index (χ2v) is 7.76. The van der Waals surface area contributed by atoms with Crippen LogP contribution in [0, 0.1) is 0 Å². The first-order chi connectivity index (χ1) is 11.2. The lowest BCUT2D eigenvalue weighted by Gasteiger charge is -2.35. The lowest BCUT2D eigenvalue weighted by atomic mass is 10.2. The molecule has 2 N–H and O–H groups in total. The van der Waals surface area contributed by atoms with Crippen molar-refractivity contribution in [3.63, 3.8) is 0 Å². The van der Waals surface area contributed by atoms with Crippen LogP contribution in [0.5, 0.6) is 0 Å². The summed E-state index contributed by atoms with van der Waals surface area (Å²) in [6, 6.07) is 4.48. The number of hydrogen-bond donors (Lipinski definition) is 2. The highest BCUT2D eigenvalue weighted by Gasteiger charge is 2.44. The van der Waals surface area contributed by atoms with Gasteiger partial charge >= 0.3 is 6.18 Å². The molecule has 1 aliphatic heterocycles. The van der Waals surface area contributed by atoms with Gasteiger partial charge in [-0.25, -0.2) is 13.1 Å². The Balaban J connectivity index is 0.00000312. The number of alkyl halides is 3. The zero-order valence-corrected chi connectivity index (χ0v) is 15.6. The lowest BCUT2D eigenvalue weighted by Crippen LogP contribution is -2.57. The van der Waals surface area contributed by atoms with Crippen LogP contribution in [0.3, 0.4) is 0 Å². The van der Waals surface area contributed by atoms with Gasteiger partial charge in [-0.3, -0.25) is 4.90 Å². The Kier molecular flexibility index (Phi) is 8.43. The van der Waals surface area contributed by atoms with E-state index in [1.807, 2.05) is 0 Å². The molecule has 0 saturated carbocycles. The van der Waals surface area contributed by atoms with Crippen molar-refractivity contribution in [1.82, 2.24) is 14.9 Å². The van der Waals surface area contributed by atoms with Crippen LogP contribution in [0.1, 0.15) is 5.56 Å². The van der Waals surface area contributed by atoms with Gasteiger partial charge in [0.1, 0.15) is 6.04 Å². The number of piperazine rings is 1. The first kappa shape index (κ1) is 22.5. The third kappa shape index (κ3) is 6.92. The Morgan fingerprint density at radius 3 is 2.40 bits per heavy atom. The van der Waals surface area contributed by atoms with Gasteiger partial charge in [-0.2, -0.15) is 13.2 Å². The molecule has 0 radical (unpaired) electrons.